The fourth-order valence-corrected chi connectivity index (χ4v) is 1.68. The number of hydrogen-bond donors (Lipinski definition) is 2. The molecule has 0 unspecified atom stereocenters. The number of carbonyl (C=O) groups is 1. The highest BCUT2D eigenvalue weighted by Crippen LogP contribution is 2.03. The molecule has 0 aliphatic heterocycles. The molecule has 0 aliphatic rings. The van der Waals surface area contributed by atoms with E-state index in [4.69, 9.17) is 0 Å². The average Bonchev–Trinajstić information content (AvgIpc) is 2.29. The third-order valence-corrected chi connectivity index (χ3v) is 2.60. The van der Waals surface area contributed by atoms with E-state index in [0.29, 0.717) is 13.0 Å². The first-order valence-electron chi connectivity index (χ1n) is 6.25. The Balaban J connectivity index is 2.17. The second-order valence-electron chi connectivity index (χ2n) is 4.19. The number of rotatable bonds is 7. The predicted molar refractivity (Wildman–Crippen MR) is 71.1 cm³/mol. The van der Waals surface area contributed by atoms with Crippen LogP contribution in [0.1, 0.15) is 24.5 Å². The van der Waals surface area contributed by atoms with E-state index in [2.05, 4.69) is 41.8 Å². The largest absolute Gasteiger partial charge is 0.356 e. The van der Waals surface area contributed by atoms with Gasteiger partial charge in [-0.1, -0.05) is 36.8 Å². The number of amides is 1. The molecule has 0 aromatic heterocycles. The van der Waals surface area contributed by atoms with Gasteiger partial charge in [-0.05, 0) is 25.5 Å². The Morgan fingerprint density at radius 3 is 2.82 bits per heavy atom. The van der Waals surface area contributed by atoms with Gasteiger partial charge in [-0.15, -0.1) is 0 Å². The van der Waals surface area contributed by atoms with Crippen LogP contribution in [-0.2, 0) is 11.2 Å². The van der Waals surface area contributed by atoms with Gasteiger partial charge < -0.3 is 10.6 Å². The van der Waals surface area contributed by atoms with Gasteiger partial charge in [0.1, 0.15) is 0 Å². The van der Waals surface area contributed by atoms with E-state index in [-0.39, 0.29) is 5.91 Å². The van der Waals surface area contributed by atoms with Crippen LogP contribution >= 0.6 is 0 Å². The van der Waals surface area contributed by atoms with Gasteiger partial charge in [-0.25, -0.2) is 0 Å². The normalized spacial score (nSPS) is 10.2. The quantitative estimate of drug-likeness (QED) is 0.704. The fraction of sp³-hybridized carbons (Fsp3) is 0.500. The Hall–Kier alpha value is -1.35. The Bertz CT molecular complexity index is 350. The molecular formula is C14H22N2O. The smallest absolute Gasteiger partial charge is 0.221 e. The molecule has 0 saturated heterocycles. The van der Waals surface area contributed by atoms with Gasteiger partial charge in [0.05, 0.1) is 0 Å². The van der Waals surface area contributed by atoms with Gasteiger partial charge in [0.25, 0.3) is 0 Å². The van der Waals surface area contributed by atoms with E-state index in [0.717, 1.165) is 19.5 Å². The standard InChI is InChI=1S/C14H22N2O/c1-3-15-9-8-14(17)16-10-7-13-6-4-5-12(2)11-13/h4-6,11,15H,3,7-10H2,1-2H3,(H,16,17). The molecule has 1 aromatic carbocycles. The molecule has 0 spiro atoms. The molecule has 94 valence electrons. The monoisotopic (exact) mass is 234 g/mol. The SMILES string of the molecule is CCNCCC(=O)NCCc1cccc(C)c1. The lowest BCUT2D eigenvalue weighted by Crippen LogP contribution is -2.29. The van der Waals surface area contributed by atoms with Gasteiger partial charge in [0.2, 0.25) is 5.91 Å². The van der Waals surface area contributed by atoms with Crippen molar-refractivity contribution in [3.05, 3.63) is 35.4 Å². The second kappa shape index (κ2) is 7.85. The summed E-state index contributed by atoms with van der Waals surface area (Å²) in [6, 6.07) is 8.39. The zero-order valence-corrected chi connectivity index (χ0v) is 10.8. The summed E-state index contributed by atoms with van der Waals surface area (Å²) < 4.78 is 0. The first-order valence-corrected chi connectivity index (χ1v) is 6.25. The molecule has 17 heavy (non-hydrogen) atoms. The van der Waals surface area contributed by atoms with Crippen LogP contribution in [0.5, 0.6) is 0 Å². The molecular weight excluding hydrogens is 212 g/mol. The molecule has 1 amide bonds. The van der Waals surface area contributed by atoms with Crippen LogP contribution in [0.3, 0.4) is 0 Å². The molecule has 0 aliphatic carbocycles. The highest BCUT2D eigenvalue weighted by Gasteiger charge is 2.00. The fourth-order valence-electron chi connectivity index (χ4n) is 1.68. The summed E-state index contributed by atoms with van der Waals surface area (Å²) >= 11 is 0. The minimum absolute atomic E-state index is 0.124. The summed E-state index contributed by atoms with van der Waals surface area (Å²) in [6.45, 7) is 6.51. The van der Waals surface area contributed by atoms with E-state index >= 15 is 0 Å². The van der Waals surface area contributed by atoms with Crippen molar-refractivity contribution in [2.45, 2.75) is 26.7 Å². The highest BCUT2D eigenvalue weighted by atomic mass is 16.1. The van der Waals surface area contributed by atoms with Gasteiger partial charge in [0, 0.05) is 19.5 Å². The molecule has 0 heterocycles. The van der Waals surface area contributed by atoms with E-state index in [1.54, 1.807) is 0 Å². The van der Waals surface area contributed by atoms with Crippen LogP contribution in [0, 0.1) is 6.92 Å². The van der Waals surface area contributed by atoms with E-state index in [9.17, 15) is 4.79 Å². The Morgan fingerprint density at radius 1 is 1.29 bits per heavy atom. The summed E-state index contributed by atoms with van der Waals surface area (Å²) in [5, 5.41) is 6.06. The van der Waals surface area contributed by atoms with Crippen LogP contribution in [-0.4, -0.2) is 25.5 Å². The number of benzene rings is 1. The predicted octanol–water partition coefficient (Wildman–Crippen LogP) is 1.65. The molecule has 2 N–H and O–H groups in total. The molecule has 1 aromatic rings. The average molecular weight is 234 g/mol. The van der Waals surface area contributed by atoms with Gasteiger partial charge in [-0.2, -0.15) is 0 Å². The number of carbonyl (C=O) groups excluding carboxylic acids is 1. The van der Waals surface area contributed by atoms with Crippen LogP contribution in [0.25, 0.3) is 0 Å². The summed E-state index contributed by atoms with van der Waals surface area (Å²) in [4.78, 5) is 11.4. The Labute approximate surface area is 104 Å². The van der Waals surface area contributed by atoms with Crippen molar-refractivity contribution in [3.8, 4) is 0 Å². The molecule has 0 radical (unpaired) electrons. The van der Waals surface area contributed by atoms with Crippen LogP contribution in [0.15, 0.2) is 24.3 Å². The maximum absolute atomic E-state index is 11.4. The summed E-state index contributed by atoms with van der Waals surface area (Å²) in [5.74, 6) is 0.124. The molecule has 0 fully saturated rings. The lowest BCUT2D eigenvalue weighted by molar-refractivity contribution is -0.120. The van der Waals surface area contributed by atoms with Gasteiger partial charge in [-0.3, -0.25) is 4.79 Å². The minimum atomic E-state index is 0.124. The van der Waals surface area contributed by atoms with E-state index in [1.807, 2.05) is 6.92 Å². The molecule has 0 bridgehead atoms. The maximum Gasteiger partial charge on any atom is 0.221 e. The third kappa shape index (κ3) is 6.07. The highest BCUT2D eigenvalue weighted by molar-refractivity contribution is 5.76. The van der Waals surface area contributed by atoms with Gasteiger partial charge in [0.15, 0.2) is 0 Å². The lowest BCUT2D eigenvalue weighted by Gasteiger charge is -2.06. The summed E-state index contributed by atoms with van der Waals surface area (Å²) in [6.07, 6.45) is 1.45. The maximum atomic E-state index is 11.4. The van der Waals surface area contributed by atoms with Crippen LogP contribution in [0.2, 0.25) is 0 Å². The van der Waals surface area contributed by atoms with Crippen molar-refractivity contribution in [3.63, 3.8) is 0 Å². The zero-order chi connectivity index (χ0) is 12.5. The molecule has 0 saturated carbocycles. The Morgan fingerprint density at radius 2 is 2.12 bits per heavy atom. The Kier molecular flexibility index (Phi) is 6.33. The number of nitrogens with one attached hydrogen (secondary N) is 2. The number of hydrogen-bond acceptors (Lipinski definition) is 2. The minimum Gasteiger partial charge on any atom is -0.356 e. The zero-order valence-electron chi connectivity index (χ0n) is 10.8. The molecule has 3 nitrogen and oxygen atoms in total. The van der Waals surface area contributed by atoms with Gasteiger partial charge >= 0.3 is 0 Å². The van der Waals surface area contributed by atoms with Crippen molar-refractivity contribution in [2.24, 2.45) is 0 Å². The van der Waals surface area contributed by atoms with Crippen molar-refractivity contribution in [1.82, 2.24) is 10.6 Å². The van der Waals surface area contributed by atoms with Crippen molar-refractivity contribution in [1.29, 1.82) is 0 Å². The first-order chi connectivity index (χ1) is 8.22. The number of aryl methyl sites for hydroxylation is 1. The lowest BCUT2D eigenvalue weighted by atomic mass is 10.1. The molecule has 1 rings (SSSR count). The second-order valence-corrected chi connectivity index (χ2v) is 4.19. The molecule has 0 atom stereocenters. The summed E-state index contributed by atoms with van der Waals surface area (Å²) in [7, 11) is 0. The van der Waals surface area contributed by atoms with Crippen LogP contribution < -0.4 is 10.6 Å². The van der Waals surface area contributed by atoms with Crippen LogP contribution in [0.4, 0.5) is 0 Å². The van der Waals surface area contributed by atoms with Crippen molar-refractivity contribution < 1.29 is 4.79 Å². The first kappa shape index (κ1) is 13.7. The topological polar surface area (TPSA) is 41.1 Å². The van der Waals surface area contributed by atoms with Crippen molar-refractivity contribution >= 4 is 5.91 Å². The molecule has 3 heteroatoms. The van der Waals surface area contributed by atoms with E-state index in [1.165, 1.54) is 11.1 Å². The van der Waals surface area contributed by atoms with Crippen molar-refractivity contribution in [2.75, 3.05) is 19.6 Å². The third-order valence-electron chi connectivity index (χ3n) is 2.60. The van der Waals surface area contributed by atoms with E-state index < -0.39 is 0 Å². The summed E-state index contributed by atoms with van der Waals surface area (Å²) in [5.41, 5.74) is 2.54.